The third-order valence-corrected chi connectivity index (χ3v) is 6.81. The molecule has 0 fully saturated rings. The van der Waals surface area contributed by atoms with Gasteiger partial charge in [-0.2, -0.15) is 5.10 Å². The number of anilines is 1. The van der Waals surface area contributed by atoms with E-state index in [1.807, 2.05) is 58.9 Å². The van der Waals surface area contributed by atoms with Gasteiger partial charge in [0, 0.05) is 44.3 Å². The predicted octanol–water partition coefficient (Wildman–Crippen LogP) is 3.46. The Labute approximate surface area is 215 Å². The van der Waals surface area contributed by atoms with Gasteiger partial charge in [0.2, 0.25) is 0 Å². The molecule has 37 heavy (non-hydrogen) atoms. The normalized spacial score (nSPS) is 14.2. The minimum Gasteiger partial charge on any atom is -0.374 e. The lowest BCUT2D eigenvalue weighted by molar-refractivity contribution is 0.138. The largest absolute Gasteiger partial charge is 0.374 e. The number of hydrogen-bond acceptors (Lipinski definition) is 7. The lowest BCUT2D eigenvalue weighted by atomic mass is 10.1. The number of aliphatic hydroxyl groups is 1. The molecule has 1 atom stereocenters. The van der Waals surface area contributed by atoms with Crippen LogP contribution in [0, 0.1) is 0 Å². The van der Waals surface area contributed by atoms with Crippen molar-refractivity contribution < 1.29 is 5.11 Å². The van der Waals surface area contributed by atoms with Gasteiger partial charge in [-0.15, -0.1) is 0 Å². The molecule has 1 aliphatic heterocycles. The summed E-state index contributed by atoms with van der Waals surface area (Å²) in [6.45, 7) is 3.07. The fourth-order valence-electron chi connectivity index (χ4n) is 4.90. The summed E-state index contributed by atoms with van der Waals surface area (Å²) >= 11 is 0. The van der Waals surface area contributed by atoms with Gasteiger partial charge < -0.3 is 14.6 Å². The van der Waals surface area contributed by atoms with E-state index in [0.29, 0.717) is 13.1 Å². The van der Waals surface area contributed by atoms with Crippen LogP contribution in [0.1, 0.15) is 29.5 Å². The second-order valence-corrected chi connectivity index (χ2v) is 9.47. The van der Waals surface area contributed by atoms with E-state index in [1.165, 1.54) is 5.56 Å². The van der Waals surface area contributed by atoms with Crippen LogP contribution in [0.15, 0.2) is 73.4 Å². The standard InChI is InChI=1S/C28H30N8O/c1-34-17-22-10-14-36(18-25(22)33-34)27-26(20-6-3-2-4-7-20)31-23-9-8-21(16-24(23)32-27)28(37)30-11-5-13-35-15-12-29-19-35/h2-4,6-9,12,15-17,19,28,30,37H,5,10-11,13-14,18H2,1H3. The summed E-state index contributed by atoms with van der Waals surface area (Å²) in [5, 5.41) is 18.7. The van der Waals surface area contributed by atoms with Gasteiger partial charge in [-0.1, -0.05) is 36.4 Å². The second kappa shape index (κ2) is 10.1. The molecule has 9 nitrogen and oxygen atoms in total. The van der Waals surface area contributed by atoms with Crippen LogP contribution in [0.4, 0.5) is 5.82 Å². The van der Waals surface area contributed by atoms with Crippen LogP contribution in [0.3, 0.4) is 0 Å². The van der Waals surface area contributed by atoms with Crippen molar-refractivity contribution in [2.45, 2.75) is 32.2 Å². The van der Waals surface area contributed by atoms with Crippen molar-refractivity contribution in [3.8, 4) is 11.3 Å². The number of fused-ring (bicyclic) bond motifs is 2. The van der Waals surface area contributed by atoms with Gasteiger partial charge in [-0.3, -0.25) is 10.00 Å². The second-order valence-electron chi connectivity index (χ2n) is 9.47. The average molecular weight is 495 g/mol. The first-order valence-corrected chi connectivity index (χ1v) is 12.6. The molecule has 2 N–H and O–H groups in total. The first-order valence-electron chi connectivity index (χ1n) is 12.6. The average Bonchev–Trinajstić information content (AvgIpc) is 3.58. The van der Waals surface area contributed by atoms with Crippen molar-refractivity contribution in [2.24, 2.45) is 7.05 Å². The number of nitrogens with one attached hydrogen (secondary N) is 1. The molecule has 3 aromatic heterocycles. The Kier molecular flexibility index (Phi) is 6.38. The van der Waals surface area contributed by atoms with Crippen molar-refractivity contribution in [1.29, 1.82) is 0 Å². The number of hydrogen-bond donors (Lipinski definition) is 2. The van der Waals surface area contributed by atoms with E-state index >= 15 is 0 Å². The smallest absolute Gasteiger partial charge is 0.156 e. The van der Waals surface area contributed by atoms with Gasteiger partial charge in [0.1, 0.15) is 11.9 Å². The maximum Gasteiger partial charge on any atom is 0.156 e. The molecule has 9 heteroatoms. The maximum atomic E-state index is 10.8. The summed E-state index contributed by atoms with van der Waals surface area (Å²) in [5.74, 6) is 0.843. The lowest BCUT2D eigenvalue weighted by Crippen LogP contribution is -2.31. The molecule has 0 radical (unpaired) electrons. The number of aliphatic hydroxyl groups excluding tert-OH is 1. The fraction of sp³-hybridized carbons (Fsp3) is 0.286. The topological polar surface area (TPSA) is 96.9 Å². The van der Waals surface area contributed by atoms with Crippen LogP contribution in [-0.4, -0.2) is 47.5 Å². The van der Waals surface area contributed by atoms with Gasteiger partial charge in [0.15, 0.2) is 5.82 Å². The molecule has 4 heterocycles. The summed E-state index contributed by atoms with van der Waals surface area (Å²) in [5.41, 5.74) is 6.60. The number of nitrogens with zero attached hydrogens (tertiary/aromatic N) is 7. The minimum absolute atomic E-state index is 0.682. The minimum atomic E-state index is -0.780. The molecular weight excluding hydrogens is 464 g/mol. The van der Waals surface area contributed by atoms with Crippen molar-refractivity contribution >= 4 is 16.9 Å². The van der Waals surface area contributed by atoms with Gasteiger partial charge in [-0.25, -0.2) is 15.0 Å². The number of aromatic nitrogens is 6. The zero-order valence-electron chi connectivity index (χ0n) is 20.8. The molecule has 0 spiro atoms. The number of benzene rings is 2. The summed E-state index contributed by atoms with van der Waals surface area (Å²) in [6, 6.07) is 16.0. The highest BCUT2D eigenvalue weighted by molar-refractivity contribution is 5.84. The van der Waals surface area contributed by atoms with E-state index in [2.05, 4.69) is 38.6 Å². The molecule has 0 aliphatic carbocycles. The van der Waals surface area contributed by atoms with Crippen LogP contribution in [-0.2, 0) is 26.6 Å². The van der Waals surface area contributed by atoms with Crippen LogP contribution < -0.4 is 10.2 Å². The molecule has 5 aromatic rings. The molecule has 0 bridgehead atoms. The van der Waals surface area contributed by atoms with E-state index in [1.54, 1.807) is 12.5 Å². The molecule has 1 unspecified atom stereocenters. The molecule has 0 amide bonds. The van der Waals surface area contributed by atoms with E-state index in [4.69, 9.17) is 9.97 Å². The Morgan fingerprint density at radius 1 is 1.08 bits per heavy atom. The highest BCUT2D eigenvalue weighted by Crippen LogP contribution is 2.33. The number of imidazole rings is 1. The molecule has 2 aromatic carbocycles. The van der Waals surface area contributed by atoms with E-state index in [0.717, 1.165) is 65.3 Å². The quantitative estimate of drug-likeness (QED) is 0.252. The molecule has 0 saturated carbocycles. The Morgan fingerprint density at radius 3 is 2.81 bits per heavy atom. The summed E-state index contributed by atoms with van der Waals surface area (Å²) in [4.78, 5) is 16.5. The molecule has 1 aliphatic rings. The molecular formula is C28H30N8O. The summed E-state index contributed by atoms with van der Waals surface area (Å²) in [7, 11) is 1.96. The molecule has 188 valence electrons. The van der Waals surface area contributed by atoms with Gasteiger partial charge in [0.05, 0.1) is 29.6 Å². The van der Waals surface area contributed by atoms with Crippen LogP contribution >= 0.6 is 0 Å². The molecule has 0 saturated heterocycles. The fourth-order valence-corrected chi connectivity index (χ4v) is 4.90. The molecule has 6 rings (SSSR count). The Hall–Kier alpha value is -4.08. The van der Waals surface area contributed by atoms with Crippen LogP contribution in [0.2, 0.25) is 0 Å². The van der Waals surface area contributed by atoms with Gasteiger partial charge in [0.25, 0.3) is 0 Å². The number of rotatable bonds is 8. The van der Waals surface area contributed by atoms with Crippen molar-refractivity contribution in [2.75, 3.05) is 18.0 Å². The van der Waals surface area contributed by atoms with Crippen LogP contribution in [0.25, 0.3) is 22.3 Å². The maximum absolute atomic E-state index is 10.8. The first-order chi connectivity index (χ1) is 18.1. The van der Waals surface area contributed by atoms with Crippen molar-refractivity contribution in [3.63, 3.8) is 0 Å². The van der Waals surface area contributed by atoms with Gasteiger partial charge >= 0.3 is 0 Å². The van der Waals surface area contributed by atoms with Crippen molar-refractivity contribution in [3.05, 3.63) is 90.3 Å². The van der Waals surface area contributed by atoms with E-state index in [-0.39, 0.29) is 0 Å². The van der Waals surface area contributed by atoms with E-state index in [9.17, 15) is 5.11 Å². The van der Waals surface area contributed by atoms with E-state index < -0.39 is 6.23 Å². The zero-order valence-corrected chi connectivity index (χ0v) is 20.8. The Morgan fingerprint density at radius 2 is 1.97 bits per heavy atom. The highest BCUT2D eigenvalue weighted by atomic mass is 16.3. The summed E-state index contributed by atoms with van der Waals surface area (Å²) < 4.78 is 3.91. The van der Waals surface area contributed by atoms with Crippen molar-refractivity contribution in [1.82, 2.24) is 34.6 Å². The summed E-state index contributed by atoms with van der Waals surface area (Å²) in [6.07, 6.45) is 8.64. The predicted molar refractivity (Wildman–Crippen MR) is 143 cm³/mol. The SMILES string of the molecule is Cn1cc2c(n1)CN(c1nc3cc(C(O)NCCCn4ccnc4)ccc3nc1-c1ccccc1)CC2. The monoisotopic (exact) mass is 494 g/mol. The van der Waals surface area contributed by atoms with Crippen LogP contribution in [0.5, 0.6) is 0 Å². The number of aryl methyl sites for hydroxylation is 2. The highest BCUT2D eigenvalue weighted by Gasteiger charge is 2.24. The first kappa shape index (κ1) is 23.3. The third-order valence-electron chi connectivity index (χ3n) is 6.81. The Bertz CT molecular complexity index is 1500. The lowest BCUT2D eigenvalue weighted by Gasteiger charge is -2.29. The zero-order chi connectivity index (χ0) is 25.2. The van der Waals surface area contributed by atoms with Gasteiger partial charge in [-0.05, 0) is 42.6 Å². The Balaban J connectivity index is 1.28. The third kappa shape index (κ3) is 4.96.